The van der Waals surface area contributed by atoms with Crippen molar-refractivity contribution < 1.29 is 4.74 Å². The highest BCUT2D eigenvalue weighted by molar-refractivity contribution is 5.45. The minimum Gasteiger partial charge on any atom is -0.381 e. The van der Waals surface area contributed by atoms with Crippen molar-refractivity contribution in [3.8, 4) is 0 Å². The van der Waals surface area contributed by atoms with Crippen molar-refractivity contribution in [1.29, 1.82) is 0 Å². The van der Waals surface area contributed by atoms with E-state index in [1.165, 1.54) is 18.4 Å². The predicted molar refractivity (Wildman–Crippen MR) is 73.8 cm³/mol. The smallest absolute Gasteiger partial charge is 0.132 e. The summed E-state index contributed by atoms with van der Waals surface area (Å²) in [5.74, 6) is 1.83. The van der Waals surface area contributed by atoms with Crippen LogP contribution in [0.2, 0.25) is 0 Å². The van der Waals surface area contributed by atoms with Gasteiger partial charge < -0.3 is 15.0 Å². The average Bonchev–Trinajstić information content (AvgIpc) is 2.41. The summed E-state index contributed by atoms with van der Waals surface area (Å²) in [6.07, 6.45) is 4.20. The maximum Gasteiger partial charge on any atom is 0.132 e. The van der Waals surface area contributed by atoms with E-state index in [4.69, 9.17) is 4.74 Å². The number of hydrogen-bond acceptors (Lipinski definition) is 4. The second-order valence-corrected chi connectivity index (χ2v) is 4.95. The van der Waals surface area contributed by atoms with Crippen LogP contribution >= 0.6 is 0 Å². The number of ether oxygens (including phenoxy) is 1. The lowest BCUT2D eigenvalue weighted by Crippen LogP contribution is -2.31. The standard InChI is InChI=1S/C14H23N3O/c1-15-10-13-4-3-7-16-14(13)17(2)11-12-5-8-18-9-6-12/h3-4,7,12,15H,5-6,8-11H2,1-2H3. The summed E-state index contributed by atoms with van der Waals surface area (Å²) < 4.78 is 5.41. The van der Waals surface area contributed by atoms with Crippen LogP contribution in [-0.4, -0.2) is 38.8 Å². The van der Waals surface area contributed by atoms with E-state index in [1.807, 2.05) is 19.3 Å². The number of nitrogens with zero attached hydrogens (tertiary/aromatic N) is 2. The van der Waals surface area contributed by atoms with Gasteiger partial charge in [0.2, 0.25) is 0 Å². The molecule has 18 heavy (non-hydrogen) atoms. The molecule has 0 radical (unpaired) electrons. The Hall–Kier alpha value is -1.13. The molecule has 0 aromatic carbocycles. The molecule has 0 atom stereocenters. The lowest BCUT2D eigenvalue weighted by Gasteiger charge is -2.28. The zero-order chi connectivity index (χ0) is 12.8. The number of aromatic nitrogens is 1. The van der Waals surface area contributed by atoms with Crippen molar-refractivity contribution in [1.82, 2.24) is 10.3 Å². The van der Waals surface area contributed by atoms with Crippen LogP contribution in [0.25, 0.3) is 0 Å². The molecule has 1 saturated heterocycles. The minimum absolute atomic E-state index is 0.730. The van der Waals surface area contributed by atoms with Gasteiger partial charge in [-0.3, -0.25) is 0 Å². The van der Waals surface area contributed by atoms with Crippen molar-refractivity contribution in [2.45, 2.75) is 19.4 Å². The Bertz CT molecular complexity index is 364. The van der Waals surface area contributed by atoms with Gasteiger partial charge in [-0.1, -0.05) is 6.07 Å². The molecule has 0 aliphatic carbocycles. The van der Waals surface area contributed by atoms with Gasteiger partial charge in [0, 0.05) is 45.1 Å². The Morgan fingerprint density at radius 1 is 1.44 bits per heavy atom. The van der Waals surface area contributed by atoms with Crippen LogP contribution in [-0.2, 0) is 11.3 Å². The Morgan fingerprint density at radius 3 is 2.94 bits per heavy atom. The fraction of sp³-hybridized carbons (Fsp3) is 0.643. The first-order valence-electron chi connectivity index (χ1n) is 6.68. The first kappa shape index (κ1) is 13.3. The molecule has 1 fully saturated rings. The van der Waals surface area contributed by atoms with Gasteiger partial charge in [-0.15, -0.1) is 0 Å². The molecule has 1 aliphatic heterocycles. The van der Waals surface area contributed by atoms with Crippen molar-refractivity contribution in [3.63, 3.8) is 0 Å². The van der Waals surface area contributed by atoms with E-state index in [-0.39, 0.29) is 0 Å². The van der Waals surface area contributed by atoms with Gasteiger partial charge in [-0.2, -0.15) is 0 Å². The van der Waals surface area contributed by atoms with Crippen LogP contribution in [0.3, 0.4) is 0 Å². The first-order valence-corrected chi connectivity index (χ1v) is 6.68. The van der Waals surface area contributed by atoms with Crippen LogP contribution in [0, 0.1) is 5.92 Å². The van der Waals surface area contributed by atoms with Gasteiger partial charge in [0.1, 0.15) is 5.82 Å². The van der Waals surface area contributed by atoms with Gasteiger partial charge in [-0.05, 0) is 31.9 Å². The SMILES string of the molecule is CNCc1cccnc1N(C)CC1CCOCC1. The molecule has 2 heterocycles. The molecule has 0 bridgehead atoms. The maximum atomic E-state index is 5.41. The van der Waals surface area contributed by atoms with Crippen LogP contribution in [0.1, 0.15) is 18.4 Å². The van der Waals surface area contributed by atoms with Gasteiger partial charge in [-0.25, -0.2) is 4.98 Å². The van der Waals surface area contributed by atoms with E-state index in [9.17, 15) is 0 Å². The second-order valence-electron chi connectivity index (χ2n) is 4.95. The van der Waals surface area contributed by atoms with E-state index in [1.54, 1.807) is 0 Å². The molecule has 0 spiro atoms. The van der Waals surface area contributed by atoms with Crippen molar-refractivity contribution in [2.75, 3.05) is 38.8 Å². The highest BCUT2D eigenvalue weighted by atomic mass is 16.5. The number of hydrogen-bond donors (Lipinski definition) is 1. The third-order valence-electron chi connectivity index (χ3n) is 3.47. The molecule has 0 saturated carbocycles. The molecule has 1 aliphatic rings. The van der Waals surface area contributed by atoms with E-state index in [0.717, 1.165) is 38.0 Å². The molecular formula is C14H23N3O. The first-order chi connectivity index (χ1) is 8.81. The van der Waals surface area contributed by atoms with Gasteiger partial charge >= 0.3 is 0 Å². The van der Waals surface area contributed by atoms with Crippen LogP contribution in [0.15, 0.2) is 18.3 Å². The number of anilines is 1. The van der Waals surface area contributed by atoms with Gasteiger partial charge in [0.05, 0.1) is 0 Å². The highest BCUT2D eigenvalue weighted by Crippen LogP contribution is 2.21. The molecule has 100 valence electrons. The Labute approximate surface area is 109 Å². The topological polar surface area (TPSA) is 37.4 Å². The van der Waals surface area contributed by atoms with E-state index in [2.05, 4.69) is 28.3 Å². The summed E-state index contributed by atoms with van der Waals surface area (Å²) in [5, 5.41) is 3.20. The molecule has 1 N–H and O–H groups in total. The summed E-state index contributed by atoms with van der Waals surface area (Å²) in [5.41, 5.74) is 1.26. The highest BCUT2D eigenvalue weighted by Gasteiger charge is 2.17. The lowest BCUT2D eigenvalue weighted by molar-refractivity contribution is 0.0685. The van der Waals surface area contributed by atoms with Crippen LogP contribution < -0.4 is 10.2 Å². The van der Waals surface area contributed by atoms with E-state index < -0.39 is 0 Å². The largest absolute Gasteiger partial charge is 0.381 e. The monoisotopic (exact) mass is 249 g/mol. The normalized spacial score (nSPS) is 16.8. The Kier molecular flexibility index (Phi) is 4.96. The summed E-state index contributed by atoms with van der Waals surface area (Å²) >= 11 is 0. The maximum absolute atomic E-state index is 5.41. The van der Waals surface area contributed by atoms with Crippen molar-refractivity contribution in [3.05, 3.63) is 23.9 Å². The zero-order valence-corrected chi connectivity index (χ0v) is 11.4. The summed E-state index contributed by atoms with van der Waals surface area (Å²) in [4.78, 5) is 6.80. The zero-order valence-electron chi connectivity index (χ0n) is 11.4. The summed E-state index contributed by atoms with van der Waals surface area (Å²) in [6.45, 7) is 3.74. The van der Waals surface area contributed by atoms with E-state index >= 15 is 0 Å². The van der Waals surface area contributed by atoms with Crippen LogP contribution in [0.4, 0.5) is 5.82 Å². The molecule has 1 aromatic rings. The third-order valence-corrected chi connectivity index (χ3v) is 3.47. The van der Waals surface area contributed by atoms with Crippen molar-refractivity contribution >= 4 is 5.82 Å². The van der Waals surface area contributed by atoms with E-state index in [0.29, 0.717) is 0 Å². The Morgan fingerprint density at radius 2 is 2.22 bits per heavy atom. The third kappa shape index (κ3) is 3.43. The molecule has 1 aromatic heterocycles. The quantitative estimate of drug-likeness (QED) is 0.861. The molecule has 4 heteroatoms. The van der Waals surface area contributed by atoms with Gasteiger partial charge in [0.15, 0.2) is 0 Å². The number of pyridine rings is 1. The molecule has 4 nitrogen and oxygen atoms in total. The molecular weight excluding hydrogens is 226 g/mol. The molecule has 0 amide bonds. The number of rotatable bonds is 5. The lowest BCUT2D eigenvalue weighted by atomic mass is 10.00. The average molecular weight is 249 g/mol. The summed E-state index contributed by atoms with van der Waals surface area (Å²) in [7, 11) is 4.10. The van der Waals surface area contributed by atoms with Crippen molar-refractivity contribution in [2.24, 2.45) is 5.92 Å². The fourth-order valence-electron chi connectivity index (χ4n) is 2.51. The number of nitrogens with one attached hydrogen (secondary N) is 1. The fourth-order valence-corrected chi connectivity index (χ4v) is 2.51. The summed E-state index contributed by atoms with van der Waals surface area (Å²) in [6, 6.07) is 4.14. The minimum atomic E-state index is 0.730. The second kappa shape index (κ2) is 6.71. The predicted octanol–water partition coefficient (Wildman–Crippen LogP) is 1.66. The van der Waals surface area contributed by atoms with Crippen LogP contribution in [0.5, 0.6) is 0 Å². The molecule has 2 rings (SSSR count). The Balaban J connectivity index is 2.00. The molecule has 0 unspecified atom stereocenters. The van der Waals surface area contributed by atoms with Gasteiger partial charge in [0.25, 0.3) is 0 Å².